The van der Waals surface area contributed by atoms with Crippen molar-refractivity contribution in [2.75, 3.05) is 18.0 Å². The SMILES string of the molecule is Brc1ccncc1N1CC2CCC(C1)O2. The second kappa shape index (κ2) is 3.76. The highest BCUT2D eigenvalue weighted by atomic mass is 79.9. The molecule has 3 heterocycles. The van der Waals surface area contributed by atoms with Gasteiger partial charge in [0.05, 0.1) is 24.1 Å². The summed E-state index contributed by atoms with van der Waals surface area (Å²) >= 11 is 3.57. The minimum absolute atomic E-state index is 0.427. The fraction of sp³-hybridized carbons (Fsp3) is 0.545. The van der Waals surface area contributed by atoms with Gasteiger partial charge in [-0.1, -0.05) is 0 Å². The van der Waals surface area contributed by atoms with E-state index in [4.69, 9.17) is 4.74 Å². The summed E-state index contributed by atoms with van der Waals surface area (Å²) in [5.41, 5.74) is 1.19. The van der Waals surface area contributed by atoms with Crippen molar-refractivity contribution in [1.82, 2.24) is 4.98 Å². The maximum absolute atomic E-state index is 5.81. The van der Waals surface area contributed by atoms with Gasteiger partial charge < -0.3 is 9.64 Å². The van der Waals surface area contributed by atoms with Crippen molar-refractivity contribution in [1.29, 1.82) is 0 Å². The maximum Gasteiger partial charge on any atom is 0.0755 e. The van der Waals surface area contributed by atoms with Crippen LogP contribution in [0.1, 0.15) is 12.8 Å². The van der Waals surface area contributed by atoms with Crippen LogP contribution in [-0.2, 0) is 4.74 Å². The zero-order valence-electron chi connectivity index (χ0n) is 8.40. The van der Waals surface area contributed by atoms with Crippen molar-refractivity contribution in [2.45, 2.75) is 25.0 Å². The van der Waals surface area contributed by atoms with Crippen LogP contribution >= 0.6 is 15.9 Å². The van der Waals surface area contributed by atoms with Crippen LogP contribution in [0.15, 0.2) is 22.9 Å². The summed E-state index contributed by atoms with van der Waals surface area (Å²) in [7, 11) is 0. The lowest BCUT2D eigenvalue weighted by Gasteiger charge is -2.34. The first-order chi connectivity index (χ1) is 7.33. The number of hydrogen-bond donors (Lipinski definition) is 0. The molecular weight excluding hydrogens is 256 g/mol. The second-order valence-electron chi connectivity index (χ2n) is 4.19. The fourth-order valence-corrected chi connectivity index (χ4v) is 2.88. The van der Waals surface area contributed by atoms with Crippen LogP contribution in [0, 0.1) is 0 Å². The molecule has 0 aromatic carbocycles. The van der Waals surface area contributed by atoms with Crippen molar-refractivity contribution in [2.24, 2.45) is 0 Å². The fourth-order valence-electron chi connectivity index (χ4n) is 2.41. The van der Waals surface area contributed by atoms with Gasteiger partial charge in [0.1, 0.15) is 0 Å². The molecule has 80 valence electrons. The summed E-state index contributed by atoms with van der Waals surface area (Å²) in [5, 5.41) is 0. The molecule has 2 bridgehead atoms. The molecule has 2 unspecified atom stereocenters. The third-order valence-electron chi connectivity index (χ3n) is 3.13. The average Bonchev–Trinajstić information content (AvgIpc) is 2.58. The van der Waals surface area contributed by atoms with Crippen LogP contribution in [-0.4, -0.2) is 30.3 Å². The molecule has 3 nitrogen and oxygen atoms in total. The molecule has 0 aliphatic carbocycles. The Bertz CT molecular complexity index is 359. The Balaban J connectivity index is 1.86. The molecule has 2 saturated heterocycles. The summed E-state index contributed by atoms with van der Waals surface area (Å²) in [6, 6.07) is 1.99. The number of fused-ring (bicyclic) bond motifs is 2. The topological polar surface area (TPSA) is 25.4 Å². The lowest BCUT2D eigenvalue weighted by Crippen LogP contribution is -2.42. The minimum atomic E-state index is 0.427. The molecule has 15 heavy (non-hydrogen) atoms. The Morgan fingerprint density at radius 1 is 1.33 bits per heavy atom. The Morgan fingerprint density at radius 2 is 2.07 bits per heavy atom. The van der Waals surface area contributed by atoms with Crippen LogP contribution in [0.25, 0.3) is 0 Å². The van der Waals surface area contributed by atoms with Crippen molar-refractivity contribution in [3.8, 4) is 0 Å². The quantitative estimate of drug-likeness (QED) is 0.781. The molecule has 2 aliphatic rings. The molecule has 0 N–H and O–H groups in total. The van der Waals surface area contributed by atoms with Gasteiger partial charge in [0.25, 0.3) is 0 Å². The standard InChI is InChI=1S/C11H13BrN2O/c12-10-3-4-13-5-11(10)14-6-8-1-2-9(7-14)15-8/h3-5,8-9H,1-2,6-7H2. The number of rotatable bonds is 1. The van der Waals surface area contributed by atoms with Crippen molar-refractivity contribution in [3.05, 3.63) is 22.9 Å². The average molecular weight is 269 g/mol. The van der Waals surface area contributed by atoms with E-state index in [2.05, 4.69) is 25.8 Å². The highest BCUT2D eigenvalue weighted by molar-refractivity contribution is 9.10. The highest BCUT2D eigenvalue weighted by Crippen LogP contribution is 2.32. The van der Waals surface area contributed by atoms with Gasteiger partial charge in [0.2, 0.25) is 0 Å². The van der Waals surface area contributed by atoms with E-state index in [9.17, 15) is 0 Å². The molecule has 2 fully saturated rings. The molecular formula is C11H13BrN2O. The van der Waals surface area contributed by atoms with Gasteiger partial charge in [0, 0.05) is 23.8 Å². The predicted octanol–water partition coefficient (Wildman–Crippen LogP) is 2.21. The molecule has 1 aromatic heterocycles. The zero-order chi connectivity index (χ0) is 10.3. The zero-order valence-corrected chi connectivity index (χ0v) is 9.98. The third kappa shape index (κ3) is 1.76. The Kier molecular flexibility index (Phi) is 2.41. The lowest BCUT2D eigenvalue weighted by molar-refractivity contribution is 0.0304. The van der Waals surface area contributed by atoms with Crippen LogP contribution in [0.2, 0.25) is 0 Å². The molecule has 3 rings (SSSR count). The van der Waals surface area contributed by atoms with Gasteiger partial charge in [-0.3, -0.25) is 4.98 Å². The lowest BCUT2D eigenvalue weighted by atomic mass is 10.2. The summed E-state index contributed by atoms with van der Waals surface area (Å²) in [6.07, 6.45) is 7.00. The number of nitrogens with zero attached hydrogens (tertiary/aromatic N) is 2. The van der Waals surface area contributed by atoms with E-state index in [1.807, 2.05) is 18.5 Å². The second-order valence-corrected chi connectivity index (χ2v) is 5.04. The molecule has 0 spiro atoms. The largest absolute Gasteiger partial charge is 0.371 e. The molecule has 0 saturated carbocycles. The highest BCUT2D eigenvalue weighted by Gasteiger charge is 2.34. The van der Waals surface area contributed by atoms with Crippen LogP contribution < -0.4 is 4.90 Å². The molecule has 2 aliphatic heterocycles. The Hall–Kier alpha value is -0.610. The van der Waals surface area contributed by atoms with E-state index < -0.39 is 0 Å². The van der Waals surface area contributed by atoms with Gasteiger partial charge in [-0.15, -0.1) is 0 Å². The smallest absolute Gasteiger partial charge is 0.0755 e. The summed E-state index contributed by atoms with van der Waals surface area (Å²) in [6.45, 7) is 2.00. The van der Waals surface area contributed by atoms with E-state index in [-0.39, 0.29) is 0 Å². The number of anilines is 1. The first kappa shape index (κ1) is 9.60. The van der Waals surface area contributed by atoms with Crippen molar-refractivity contribution < 1.29 is 4.74 Å². The van der Waals surface area contributed by atoms with Gasteiger partial charge in [-0.05, 0) is 34.8 Å². The Morgan fingerprint density at radius 3 is 2.73 bits per heavy atom. The van der Waals surface area contributed by atoms with E-state index in [1.165, 1.54) is 18.5 Å². The first-order valence-corrected chi connectivity index (χ1v) is 6.12. The third-order valence-corrected chi connectivity index (χ3v) is 3.80. The van der Waals surface area contributed by atoms with Gasteiger partial charge in [-0.2, -0.15) is 0 Å². The number of aromatic nitrogens is 1. The predicted molar refractivity (Wildman–Crippen MR) is 62.0 cm³/mol. The van der Waals surface area contributed by atoms with Crippen molar-refractivity contribution in [3.63, 3.8) is 0 Å². The molecule has 4 heteroatoms. The van der Waals surface area contributed by atoms with E-state index in [1.54, 1.807) is 0 Å². The first-order valence-electron chi connectivity index (χ1n) is 5.33. The molecule has 0 amide bonds. The van der Waals surface area contributed by atoms with Crippen molar-refractivity contribution >= 4 is 21.6 Å². The molecule has 2 atom stereocenters. The molecule has 0 radical (unpaired) electrons. The molecule has 1 aromatic rings. The minimum Gasteiger partial charge on any atom is -0.371 e. The number of halogens is 1. The van der Waals surface area contributed by atoms with Crippen LogP contribution in [0.3, 0.4) is 0 Å². The van der Waals surface area contributed by atoms with E-state index >= 15 is 0 Å². The van der Waals surface area contributed by atoms with E-state index in [0.29, 0.717) is 12.2 Å². The normalized spacial score (nSPS) is 29.5. The van der Waals surface area contributed by atoms with Gasteiger partial charge in [-0.25, -0.2) is 0 Å². The number of ether oxygens (including phenoxy) is 1. The number of morpholine rings is 1. The summed E-state index contributed by atoms with van der Waals surface area (Å²) < 4.78 is 6.94. The Labute approximate surface area is 97.6 Å². The summed E-state index contributed by atoms with van der Waals surface area (Å²) in [4.78, 5) is 6.56. The van der Waals surface area contributed by atoms with E-state index in [0.717, 1.165) is 17.6 Å². The summed E-state index contributed by atoms with van der Waals surface area (Å²) in [5.74, 6) is 0. The maximum atomic E-state index is 5.81. The van der Waals surface area contributed by atoms with Gasteiger partial charge in [0.15, 0.2) is 0 Å². The van der Waals surface area contributed by atoms with Gasteiger partial charge >= 0.3 is 0 Å². The van der Waals surface area contributed by atoms with Crippen LogP contribution in [0.5, 0.6) is 0 Å². The van der Waals surface area contributed by atoms with Crippen LogP contribution in [0.4, 0.5) is 5.69 Å². The monoisotopic (exact) mass is 268 g/mol. The number of hydrogen-bond acceptors (Lipinski definition) is 3. The number of pyridine rings is 1.